The molecule has 2 heterocycles. The molecule has 18 heavy (non-hydrogen) atoms. The third kappa shape index (κ3) is 2.88. The Morgan fingerprint density at radius 2 is 2.33 bits per heavy atom. The minimum absolute atomic E-state index is 0.118. The third-order valence-electron chi connectivity index (χ3n) is 2.30. The average Bonchev–Trinajstić information content (AvgIpc) is 2.86. The molecule has 0 aliphatic heterocycles. The summed E-state index contributed by atoms with van der Waals surface area (Å²) in [6.07, 6.45) is 2.37. The molecule has 0 aromatic carbocycles. The molecular formula is C11H13N5O2. The topological polar surface area (TPSA) is 82.8 Å². The first-order chi connectivity index (χ1) is 8.81. The number of aryl methyl sites for hydroxylation is 2. The Morgan fingerprint density at radius 3 is 3.06 bits per heavy atom. The minimum Gasteiger partial charge on any atom is -0.460 e. The van der Waals surface area contributed by atoms with Crippen LogP contribution < -0.4 is 0 Å². The number of hydrogen-bond acceptors (Lipinski definition) is 6. The van der Waals surface area contributed by atoms with Crippen molar-refractivity contribution in [1.29, 1.82) is 0 Å². The molecule has 0 aliphatic carbocycles. The van der Waals surface area contributed by atoms with E-state index in [0.717, 1.165) is 5.69 Å². The van der Waals surface area contributed by atoms with Crippen LogP contribution in [-0.2, 0) is 17.7 Å². The van der Waals surface area contributed by atoms with E-state index in [4.69, 9.17) is 4.74 Å². The van der Waals surface area contributed by atoms with Crippen molar-refractivity contribution in [2.45, 2.75) is 19.9 Å². The number of carbonyl (C=O) groups is 1. The summed E-state index contributed by atoms with van der Waals surface area (Å²) in [6, 6.07) is 5.67. The van der Waals surface area contributed by atoms with Crippen molar-refractivity contribution >= 4 is 5.97 Å². The van der Waals surface area contributed by atoms with Crippen LogP contribution in [0.25, 0.3) is 0 Å². The molecule has 2 aromatic rings. The van der Waals surface area contributed by atoms with E-state index in [1.54, 1.807) is 13.1 Å². The Kier molecular flexibility index (Phi) is 3.95. The summed E-state index contributed by atoms with van der Waals surface area (Å²) in [5.74, 6) is -0.392. The van der Waals surface area contributed by atoms with Gasteiger partial charge in [0.25, 0.3) is 5.82 Å². The lowest BCUT2D eigenvalue weighted by Gasteiger charge is -2.03. The normalized spacial score (nSPS) is 10.3. The fraction of sp³-hybridized carbons (Fsp3) is 0.364. The molecule has 7 nitrogen and oxygen atoms in total. The highest BCUT2D eigenvalue weighted by Crippen LogP contribution is 2.00. The van der Waals surface area contributed by atoms with Gasteiger partial charge in [-0.15, -0.1) is 5.10 Å². The van der Waals surface area contributed by atoms with Gasteiger partial charge in [0.2, 0.25) is 0 Å². The highest BCUT2D eigenvalue weighted by Gasteiger charge is 2.16. The van der Waals surface area contributed by atoms with E-state index in [9.17, 15) is 4.79 Å². The van der Waals surface area contributed by atoms with Crippen LogP contribution in [0.3, 0.4) is 0 Å². The number of pyridine rings is 1. The molecule has 0 N–H and O–H groups in total. The SMILES string of the molecule is CCOC(=O)c1nnnn1CCc1ccccn1. The maximum absolute atomic E-state index is 11.5. The second-order valence-electron chi connectivity index (χ2n) is 3.52. The highest BCUT2D eigenvalue weighted by molar-refractivity contribution is 5.85. The van der Waals surface area contributed by atoms with Crippen molar-refractivity contribution in [1.82, 2.24) is 25.2 Å². The number of esters is 1. The first-order valence-corrected chi connectivity index (χ1v) is 5.64. The number of carbonyl (C=O) groups excluding carboxylic acids is 1. The largest absolute Gasteiger partial charge is 0.460 e. The van der Waals surface area contributed by atoms with Gasteiger partial charge in [-0.2, -0.15) is 0 Å². The zero-order valence-electron chi connectivity index (χ0n) is 9.98. The lowest BCUT2D eigenvalue weighted by atomic mass is 10.3. The predicted octanol–water partition coefficient (Wildman–Crippen LogP) is 0.487. The predicted molar refractivity (Wildman–Crippen MR) is 61.7 cm³/mol. The van der Waals surface area contributed by atoms with E-state index in [-0.39, 0.29) is 5.82 Å². The maximum atomic E-state index is 11.5. The molecule has 0 radical (unpaired) electrons. The van der Waals surface area contributed by atoms with Crippen molar-refractivity contribution in [3.63, 3.8) is 0 Å². The monoisotopic (exact) mass is 247 g/mol. The summed E-state index contributed by atoms with van der Waals surface area (Å²) in [7, 11) is 0. The Bertz CT molecular complexity index is 511. The molecule has 2 rings (SSSR count). The van der Waals surface area contributed by atoms with Gasteiger partial charge in [-0.1, -0.05) is 6.07 Å². The summed E-state index contributed by atoms with van der Waals surface area (Å²) in [4.78, 5) is 15.7. The van der Waals surface area contributed by atoms with Gasteiger partial charge in [0, 0.05) is 18.3 Å². The molecule has 0 amide bonds. The molecule has 0 saturated heterocycles. The van der Waals surface area contributed by atoms with Crippen LogP contribution in [0.1, 0.15) is 23.2 Å². The van der Waals surface area contributed by atoms with Crippen LogP contribution in [0.15, 0.2) is 24.4 Å². The quantitative estimate of drug-likeness (QED) is 0.715. The van der Waals surface area contributed by atoms with Crippen LogP contribution in [0.5, 0.6) is 0 Å². The van der Waals surface area contributed by atoms with Crippen molar-refractivity contribution in [2.24, 2.45) is 0 Å². The van der Waals surface area contributed by atoms with Crippen molar-refractivity contribution in [3.8, 4) is 0 Å². The molecule has 2 aromatic heterocycles. The number of tetrazole rings is 1. The highest BCUT2D eigenvalue weighted by atomic mass is 16.5. The standard InChI is InChI=1S/C11H13N5O2/c1-2-18-11(17)10-13-14-15-16(10)8-6-9-5-3-4-7-12-9/h3-5,7H,2,6,8H2,1H3. The lowest BCUT2D eigenvalue weighted by molar-refractivity contribution is 0.0504. The Balaban J connectivity index is 2.02. The van der Waals surface area contributed by atoms with Gasteiger partial charge >= 0.3 is 5.97 Å². The smallest absolute Gasteiger partial charge is 0.378 e. The second kappa shape index (κ2) is 5.85. The van der Waals surface area contributed by atoms with Gasteiger partial charge in [0.05, 0.1) is 13.2 Å². The molecule has 0 saturated carbocycles. The van der Waals surface area contributed by atoms with Gasteiger partial charge in [0.1, 0.15) is 0 Å². The summed E-state index contributed by atoms with van der Waals surface area (Å²) in [6.45, 7) is 2.52. The first kappa shape index (κ1) is 12.2. The molecule has 7 heteroatoms. The summed E-state index contributed by atoms with van der Waals surface area (Å²) in [5, 5.41) is 10.9. The number of ether oxygens (including phenoxy) is 1. The first-order valence-electron chi connectivity index (χ1n) is 5.64. The molecular weight excluding hydrogens is 234 g/mol. The number of nitrogens with zero attached hydrogens (tertiary/aromatic N) is 5. The van der Waals surface area contributed by atoms with E-state index in [0.29, 0.717) is 19.6 Å². The lowest BCUT2D eigenvalue weighted by Crippen LogP contribution is -2.15. The molecule has 0 fully saturated rings. The van der Waals surface area contributed by atoms with E-state index < -0.39 is 5.97 Å². The van der Waals surface area contributed by atoms with Crippen LogP contribution in [-0.4, -0.2) is 37.8 Å². The second-order valence-corrected chi connectivity index (χ2v) is 3.52. The fourth-order valence-corrected chi connectivity index (χ4v) is 1.46. The van der Waals surface area contributed by atoms with Crippen molar-refractivity contribution in [3.05, 3.63) is 35.9 Å². The van der Waals surface area contributed by atoms with Gasteiger partial charge in [-0.05, 0) is 29.5 Å². The van der Waals surface area contributed by atoms with Crippen LogP contribution in [0, 0.1) is 0 Å². The minimum atomic E-state index is -0.511. The average molecular weight is 247 g/mol. The van der Waals surface area contributed by atoms with E-state index in [1.165, 1.54) is 4.68 Å². The summed E-state index contributed by atoms with van der Waals surface area (Å²) >= 11 is 0. The molecule has 0 atom stereocenters. The maximum Gasteiger partial charge on any atom is 0.378 e. The Labute approximate surface area is 104 Å². The zero-order valence-corrected chi connectivity index (χ0v) is 9.98. The van der Waals surface area contributed by atoms with Crippen molar-refractivity contribution < 1.29 is 9.53 Å². The molecule has 94 valence electrons. The fourth-order valence-electron chi connectivity index (χ4n) is 1.46. The van der Waals surface area contributed by atoms with E-state index >= 15 is 0 Å². The van der Waals surface area contributed by atoms with Gasteiger partial charge in [0.15, 0.2) is 0 Å². The van der Waals surface area contributed by atoms with E-state index in [1.807, 2.05) is 18.2 Å². The molecule has 0 spiro atoms. The van der Waals surface area contributed by atoms with Gasteiger partial charge < -0.3 is 4.74 Å². The van der Waals surface area contributed by atoms with Crippen LogP contribution in [0.4, 0.5) is 0 Å². The number of hydrogen-bond donors (Lipinski definition) is 0. The summed E-state index contributed by atoms with van der Waals surface area (Å²) in [5.41, 5.74) is 0.919. The third-order valence-corrected chi connectivity index (χ3v) is 2.30. The van der Waals surface area contributed by atoms with E-state index in [2.05, 4.69) is 20.5 Å². The number of rotatable bonds is 5. The summed E-state index contributed by atoms with van der Waals surface area (Å²) < 4.78 is 6.28. The van der Waals surface area contributed by atoms with Gasteiger partial charge in [-0.3, -0.25) is 4.98 Å². The number of aromatic nitrogens is 5. The zero-order chi connectivity index (χ0) is 12.8. The van der Waals surface area contributed by atoms with Crippen LogP contribution in [0.2, 0.25) is 0 Å². The van der Waals surface area contributed by atoms with Crippen molar-refractivity contribution in [2.75, 3.05) is 6.61 Å². The van der Waals surface area contributed by atoms with Gasteiger partial charge in [-0.25, -0.2) is 9.48 Å². The molecule has 0 aliphatic rings. The Morgan fingerprint density at radius 1 is 1.44 bits per heavy atom. The molecule has 0 unspecified atom stereocenters. The Hall–Kier alpha value is -2.31. The van der Waals surface area contributed by atoms with Crippen LogP contribution >= 0.6 is 0 Å². The molecule has 0 bridgehead atoms.